The van der Waals surface area contributed by atoms with E-state index in [1.165, 1.54) is 13.2 Å². The molecule has 12 heteroatoms. The average molecular weight is 549 g/mol. The highest BCUT2D eigenvalue weighted by molar-refractivity contribution is 7.99. The Balaban J connectivity index is 2.24. The van der Waals surface area contributed by atoms with Gasteiger partial charge >= 0.3 is 17.6 Å². The topological polar surface area (TPSA) is 154 Å². The summed E-state index contributed by atoms with van der Waals surface area (Å²) in [6.07, 6.45) is 0.308. The summed E-state index contributed by atoms with van der Waals surface area (Å²) in [7, 11) is 1.20. The van der Waals surface area contributed by atoms with E-state index in [9.17, 15) is 29.6 Å². The Bertz CT molecular complexity index is 1210. The van der Waals surface area contributed by atoms with E-state index in [0.29, 0.717) is 23.6 Å². The van der Waals surface area contributed by atoms with Crippen LogP contribution < -0.4 is 10.1 Å². The number of carbonyl (C=O) groups is 3. The molecule has 38 heavy (non-hydrogen) atoms. The second-order valence-electron chi connectivity index (χ2n) is 8.95. The normalized spacial score (nSPS) is 21.0. The molecular weight excluding hydrogens is 516 g/mol. The summed E-state index contributed by atoms with van der Waals surface area (Å²) in [6.45, 7) is 7.28. The SMILES string of the molecule is CCOc1cc([C@@H]2C(C(=O)OCCSCC)=C(C)NC3=C2C(=O)[C@H](C(=O)OC)[C@H](C)C3)cc([N+](=O)[O-])c1O. The minimum atomic E-state index is -1.11. The van der Waals surface area contributed by atoms with Gasteiger partial charge in [-0.25, -0.2) is 4.79 Å². The molecule has 1 heterocycles. The summed E-state index contributed by atoms with van der Waals surface area (Å²) in [6, 6.07) is 2.49. The van der Waals surface area contributed by atoms with Crippen LogP contribution in [-0.4, -0.2) is 59.6 Å². The number of methoxy groups -OCH3 is 1. The predicted molar refractivity (Wildman–Crippen MR) is 140 cm³/mol. The molecule has 3 rings (SSSR count). The summed E-state index contributed by atoms with van der Waals surface area (Å²) >= 11 is 1.59. The molecule has 0 saturated heterocycles. The number of aromatic hydroxyl groups is 1. The average Bonchev–Trinajstić information content (AvgIpc) is 2.86. The lowest BCUT2D eigenvalue weighted by molar-refractivity contribution is -0.386. The van der Waals surface area contributed by atoms with Gasteiger partial charge in [0.05, 0.1) is 24.2 Å². The highest BCUT2D eigenvalue weighted by Gasteiger charge is 2.47. The number of nitrogens with one attached hydrogen (secondary N) is 1. The van der Waals surface area contributed by atoms with Crippen LogP contribution in [0.25, 0.3) is 0 Å². The number of carbonyl (C=O) groups excluding carboxylic acids is 3. The Kier molecular flexibility index (Phi) is 9.42. The second kappa shape index (κ2) is 12.3. The zero-order chi connectivity index (χ0) is 28.1. The van der Waals surface area contributed by atoms with Crippen LogP contribution >= 0.6 is 11.8 Å². The van der Waals surface area contributed by atoms with Crippen LogP contribution in [0.3, 0.4) is 0 Å². The van der Waals surface area contributed by atoms with Crippen LogP contribution in [0.1, 0.15) is 45.6 Å². The van der Waals surface area contributed by atoms with Crippen molar-refractivity contribution >= 4 is 35.2 Å². The molecule has 0 unspecified atom stereocenters. The van der Waals surface area contributed by atoms with Crippen LogP contribution in [0.5, 0.6) is 11.5 Å². The van der Waals surface area contributed by atoms with E-state index in [1.807, 2.05) is 6.92 Å². The number of thioether (sulfide) groups is 1. The number of Topliss-reactive ketones (excluding diaryl/α,β-unsaturated/α-hetero) is 1. The number of ether oxygens (including phenoxy) is 3. The van der Waals surface area contributed by atoms with E-state index >= 15 is 0 Å². The Morgan fingerprint density at radius 1 is 1.29 bits per heavy atom. The molecule has 0 aromatic heterocycles. The molecular formula is C26H32N2O9S. The van der Waals surface area contributed by atoms with Crippen LogP contribution in [0.15, 0.2) is 34.7 Å². The van der Waals surface area contributed by atoms with Crippen molar-refractivity contribution in [1.82, 2.24) is 5.32 Å². The van der Waals surface area contributed by atoms with Crippen molar-refractivity contribution < 1.29 is 38.6 Å². The van der Waals surface area contributed by atoms with E-state index in [-0.39, 0.29) is 41.6 Å². The van der Waals surface area contributed by atoms with Crippen LogP contribution in [-0.2, 0) is 23.9 Å². The number of nitro benzene ring substituents is 1. The summed E-state index contributed by atoms with van der Waals surface area (Å²) in [4.78, 5) is 50.8. The number of dihydropyridines is 1. The number of esters is 2. The monoisotopic (exact) mass is 548 g/mol. The maximum atomic E-state index is 13.8. The summed E-state index contributed by atoms with van der Waals surface area (Å²) in [5, 5.41) is 25.4. The first-order valence-electron chi connectivity index (χ1n) is 12.3. The third-order valence-corrected chi connectivity index (χ3v) is 7.40. The molecule has 3 atom stereocenters. The van der Waals surface area contributed by atoms with Crippen LogP contribution in [0.2, 0.25) is 0 Å². The number of nitrogens with zero attached hydrogens (tertiary/aromatic N) is 1. The molecule has 2 aliphatic rings. The summed E-state index contributed by atoms with van der Waals surface area (Å²) in [5.41, 5.74) is 0.676. The molecule has 1 aliphatic heterocycles. The first-order chi connectivity index (χ1) is 18.1. The Morgan fingerprint density at radius 2 is 2.00 bits per heavy atom. The quantitative estimate of drug-likeness (QED) is 0.145. The highest BCUT2D eigenvalue weighted by atomic mass is 32.2. The lowest BCUT2D eigenvalue weighted by atomic mass is 9.69. The fraction of sp³-hybridized carbons (Fsp3) is 0.500. The van der Waals surface area contributed by atoms with E-state index < -0.39 is 45.9 Å². The van der Waals surface area contributed by atoms with Crippen molar-refractivity contribution in [3.05, 3.63) is 50.4 Å². The van der Waals surface area contributed by atoms with Crippen molar-refractivity contribution in [1.29, 1.82) is 0 Å². The van der Waals surface area contributed by atoms with Gasteiger partial charge in [0.1, 0.15) is 12.5 Å². The maximum absolute atomic E-state index is 13.8. The van der Waals surface area contributed by atoms with Gasteiger partial charge in [-0.3, -0.25) is 19.7 Å². The van der Waals surface area contributed by atoms with Gasteiger partial charge in [-0.1, -0.05) is 13.8 Å². The van der Waals surface area contributed by atoms with Crippen LogP contribution in [0, 0.1) is 22.0 Å². The molecule has 1 aromatic carbocycles. The number of rotatable bonds is 10. The van der Waals surface area contributed by atoms with Crippen molar-refractivity contribution in [3.8, 4) is 11.5 Å². The number of phenols is 1. The van der Waals surface area contributed by atoms with Gasteiger partial charge in [0, 0.05) is 34.7 Å². The first kappa shape index (κ1) is 29.0. The molecule has 1 aromatic rings. The van der Waals surface area contributed by atoms with Gasteiger partial charge in [-0.05, 0) is 43.6 Å². The number of hydrogen-bond acceptors (Lipinski definition) is 11. The van der Waals surface area contributed by atoms with Gasteiger partial charge in [0.2, 0.25) is 5.75 Å². The molecule has 0 spiro atoms. The number of ketones is 1. The first-order valence-corrected chi connectivity index (χ1v) is 13.4. The second-order valence-corrected chi connectivity index (χ2v) is 10.3. The lowest BCUT2D eigenvalue weighted by Crippen LogP contribution is -2.43. The fourth-order valence-electron chi connectivity index (χ4n) is 4.88. The third kappa shape index (κ3) is 5.64. The van der Waals surface area contributed by atoms with Crippen molar-refractivity contribution in [2.75, 3.05) is 31.8 Å². The smallest absolute Gasteiger partial charge is 0.336 e. The minimum Gasteiger partial charge on any atom is -0.500 e. The van der Waals surface area contributed by atoms with Gasteiger partial charge < -0.3 is 24.6 Å². The van der Waals surface area contributed by atoms with E-state index in [0.717, 1.165) is 11.8 Å². The largest absolute Gasteiger partial charge is 0.500 e. The zero-order valence-electron chi connectivity index (χ0n) is 22.0. The van der Waals surface area contributed by atoms with E-state index in [1.54, 1.807) is 32.5 Å². The number of phenolic OH excluding ortho intramolecular Hbond substituents is 1. The summed E-state index contributed by atoms with van der Waals surface area (Å²) < 4.78 is 15.9. The molecule has 2 N–H and O–H groups in total. The van der Waals surface area contributed by atoms with Gasteiger partial charge in [-0.15, -0.1) is 0 Å². The molecule has 0 saturated carbocycles. The Hall–Kier alpha value is -3.54. The van der Waals surface area contributed by atoms with E-state index in [4.69, 9.17) is 14.2 Å². The van der Waals surface area contributed by atoms with Crippen molar-refractivity contribution in [3.63, 3.8) is 0 Å². The Labute approximate surface area is 224 Å². The molecule has 11 nitrogen and oxygen atoms in total. The van der Waals surface area contributed by atoms with Gasteiger partial charge in [0.25, 0.3) is 0 Å². The standard InChI is InChI=1S/C26H32N2O9S/c1-6-36-18-12-15(11-17(23(18)29)28(33)34)21-20(26(32)37-8-9-38-7-2)14(4)27-16-10-13(3)19(25(31)35-5)24(30)22(16)21/h11-13,19,21,27,29H,6-10H2,1-5H3/t13-,19-,21-/m1/s1. The highest BCUT2D eigenvalue weighted by Crippen LogP contribution is 2.48. The van der Waals surface area contributed by atoms with Crippen LogP contribution in [0.4, 0.5) is 5.69 Å². The molecule has 1 aliphatic carbocycles. The van der Waals surface area contributed by atoms with Gasteiger partial charge in [0.15, 0.2) is 11.5 Å². The van der Waals surface area contributed by atoms with Gasteiger partial charge in [-0.2, -0.15) is 11.8 Å². The number of hydrogen-bond donors (Lipinski definition) is 2. The molecule has 206 valence electrons. The van der Waals surface area contributed by atoms with Crippen molar-refractivity contribution in [2.24, 2.45) is 11.8 Å². The molecule has 0 radical (unpaired) electrons. The summed E-state index contributed by atoms with van der Waals surface area (Å²) in [5.74, 6) is -3.96. The number of allylic oxidation sites excluding steroid dienone is 3. The Morgan fingerprint density at radius 3 is 2.61 bits per heavy atom. The lowest BCUT2D eigenvalue weighted by Gasteiger charge is -2.38. The maximum Gasteiger partial charge on any atom is 0.336 e. The molecule has 0 bridgehead atoms. The minimum absolute atomic E-state index is 0.0826. The predicted octanol–water partition coefficient (Wildman–Crippen LogP) is 3.61. The van der Waals surface area contributed by atoms with E-state index in [2.05, 4.69) is 5.32 Å². The number of benzene rings is 1. The third-order valence-electron chi connectivity index (χ3n) is 6.53. The molecule has 0 fully saturated rings. The fourth-order valence-corrected chi connectivity index (χ4v) is 5.37. The number of nitro groups is 1. The zero-order valence-corrected chi connectivity index (χ0v) is 22.8. The molecule has 0 amide bonds. The van der Waals surface area contributed by atoms with Crippen molar-refractivity contribution in [2.45, 2.75) is 40.0 Å².